The number of hydrogen-bond donors (Lipinski definition) is 0. The minimum atomic E-state index is 0.00597. The molecule has 0 amide bonds. The summed E-state index contributed by atoms with van der Waals surface area (Å²) in [6.07, 6.45) is 4.69. The van der Waals surface area contributed by atoms with Crippen molar-refractivity contribution in [3.63, 3.8) is 0 Å². The van der Waals surface area contributed by atoms with E-state index in [-0.39, 0.29) is 6.61 Å². The fourth-order valence-electron chi connectivity index (χ4n) is 0.188. The second-order valence-corrected chi connectivity index (χ2v) is 0.940. The van der Waals surface area contributed by atoms with E-state index in [0.717, 1.165) is 0 Å². The molecule has 0 aromatic heterocycles. The highest BCUT2D eigenvalue weighted by atomic mass is 19.3. The van der Waals surface area contributed by atoms with Crippen LogP contribution in [-0.4, -0.2) is 6.61 Å². The highest BCUT2D eigenvalue weighted by molar-refractivity contribution is 4.96. The highest BCUT2D eigenvalue weighted by Gasteiger charge is 1.68. The fourth-order valence-corrected chi connectivity index (χ4v) is 0.188. The van der Waals surface area contributed by atoms with Gasteiger partial charge < -0.3 is 0 Å². The lowest BCUT2D eigenvalue weighted by Gasteiger charge is -1.76. The molecule has 0 aromatic carbocycles. The van der Waals surface area contributed by atoms with E-state index in [9.17, 15) is 4.53 Å². The Bertz CT molecular complexity index is 68.5. The predicted molar refractivity (Wildman–Crippen MR) is 26.4 cm³/mol. The summed E-state index contributed by atoms with van der Waals surface area (Å²) in [6, 6.07) is 0. The summed E-state index contributed by atoms with van der Waals surface area (Å²) in [6.45, 7) is 3.37. The van der Waals surface area contributed by atoms with Gasteiger partial charge >= 0.3 is 0 Å². The molecule has 0 radical (unpaired) electrons. The van der Waals surface area contributed by atoms with Crippen molar-refractivity contribution in [3.05, 3.63) is 24.8 Å². The third-order valence-corrected chi connectivity index (χ3v) is 0.431. The number of rotatable bonds is 3. The van der Waals surface area contributed by atoms with E-state index in [1.165, 1.54) is 6.08 Å². The number of halogens is 1. The van der Waals surface area contributed by atoms with Gasteiger partial charge in [0.15, 0.2) is 0 Å². The van der Waals surface area contributed by atoms with Gasteiger partial charge in [-0.05, 0) is 4.53 Å². The van der Waals surface area contributed by atoms with Crippen LogP contribution in [0, 0.1) is 0 Å². The van der Waals surface area contributed by atoms with Crippen LogP contribution in [0.5, 0.6) is 0 Å². The Morgan fingerprint density at radius 3 is 2.86 bits per heavy atom. The molecular formula is C5H7FO. The lowest BCUT2D eigenvalue weighted by atomic mass is 10.5. The maximum Gasteiger partial charge on any atom is 0.106 e. The Morgan fingerprint density at radius 2 is 2.43 bits per heavy atom. The molecule has 0 aliphatic carbocycles. The summed E-state index contributed by atoms with van der Waals surface area (Å²) in [4.78, 5) is 3.21. The van der Waals surface area contributed by atoms with Gasteiger partial charge in [0, 0.05) is 0 Å². The molecule has 0 unspecified atom stereocenters. The molecule has 0 atom stereocenters. The van der Waals surface area contributed by atoms with Crippen molar-refractivity contribution in [2.75, 3.05) is 6.61 Å². The third-order valence-electron chi connectivity index (χ3n) is 0.431. The average molecular weight is 102 g/mol. The van der Waals surface area contributed by atoms with E-state index in [4.69, 9.17) is 0 Å². The molecule has 0 heterocycles. The SMILES string of the molecule is C=CC=CCOF. The quantitative estimate of drug-likeness (QED) is 0.492. The predicted octanol–water partition coefficient (Wildman–Crippen LogP) is 1.63. The van der Waals surface area contributed by atoms with Gasteiger partial charge in [0.05, 0.1) is 0 Å². The minimum Gasteiger partial charge on any atom is -0.190 e. The maximum atomic E-state index is 10.7. The summed E-state index contributed by atoms with van der Waals surface area (Å²) in [5.74, 6) is 0. The lowest BCUT2D eigenvalue weighted by Crippen LogP contribution is -1.72. The Kier molecular flexibility index (Phi) is 4.89. The zero-order valence-electron chi connectivity index (χ0n) is 3.93. The molecule has 0 aliphatic rings. The molecule has 0 bridgehead atoms. The summed E-state index contributed by atoms with van der Waals surface area (Å²) >= 11 is 0. The first kappa shape index (κ1) is 6.37. The fraction of sp³-hybridized carbons (Fsp3) is 0.200. The number of hydrogen-bond acceptors (Lipinski definition) is 1. The van der Waals surface area contributed by atoms with Crippen molar-refractivity contribution in [2.24, 2.45) is 0 Å². The molecule has 0 aromatic rings. The zero-order chi connectivity index (χ0) is 5.54. The van der Waals surface area contributed by atoms with Gasteiger partial charge in [-0.25, -0.2) is 0 Å². The Hall–Kier alpha value is -0.630. The van der Waals surface area contributed by atoms with Gasteiger partial charge in [-0.15, -0.1) is 0 Å². The van der Waals surface area contributed by atoms with Gasteiger partial charge in [0.1, 0.15) is 6.61 Å². The first-order chi connectivity index (χ1) is 3.41. The smallest absolute Gasteiger partial charge is 0.106 e. The average Bonchev–Trinajstić information content (AvgIpc) is 1.69. The second-order valence-electron chi connectivity index (χ2n) is 0.940. The third kappa shape index (κ3) is 5.37. The molecule has 0 rings (SSSR count). The summed E-state index contributed by atoms with van der Waals surface area (Å²) in [7, 11) is 0. The van der Waals surface area contributed by atoms with E-state index in [2.05, 4.69) is 11.5 Å². The molecule has 0 N–H and O–H groups in total. The molecule has 40 valence electrons. The van der Waals surface area contributed by atoms with E-state index in [1.807, 2.05) is 0 Å². The van der Waals surface area contributed by atoms with Crippen molar-refractivity contribution in [3.8, 4) is 0 Å². The van der Waals surface area contributed by atoms with Crippen molar-refractivity contribution >= 4 is 0 Å². The molecular weight excluding hydrogens is 95.1 g/mol. The molecule has 1 nitrogen and oxygen atoms in total. The van der Waals surface area contributed by atoms with Gasteiger partial charge in [0.2, 0.25) is 0 Å². The van der Waals surface area contributed by atoms with Crippen LogP contribution in [0.4, 0.5) is 4.53 Å². The van der Waals surface area contributed by atoms with E-state index in [1.54, 1.807) is 12.2 Å². The van der Waals surface area contributed by atoms with Crippen molar-refractivity contribution < 1.29 is 9.47 Å². The highest BCUT2D eigenvalue weighted by Crippen LogP contribution is 1.75. The molecule has 7 heavy (non-hydrogen) atoms. The first-order valence-corrected chi connectivity index (χ1v) is 1.93. The molecule has 0 aliphatic heterocycles. The van der Waals surface area contributed by atoms with E-state index in [0.29, 0.717) is 0 Å². The molecule has 2 heteroatoms. The number of allylic oxidation sites excluding steroid dienone is 2. The molecule has 0 saturated heterocycles. The van der Waals surface area contributed by atoms with Gasteiger partial charge in [-0.1, -0.05) is 24.8 Å². The van der Waals surface area contributed by atoms with Crippen LogP contribution in [0.2, 0.25) is 0 Å². The monoisotopic (exact) mass is 102 g/mol. The van der Waals surface area contributed by atoms with Gasteiger partial charge in [0.25, 0.3) is 0 Å². The van der Waals surface area contributed by atoms with Crippen LogP contribution < -0.4 is 0 Å². The van der Waals surface area contributed by atoms with Crippen LogP contribution in [0.25, 0.3) is 0 Å². The lowest BCUT2D eigenvalue weighted by molar-refractivity contribution is -0.117. The normalized spacial score (nSPS) is 9.86. The molecule has 0 saturated carbocycles. The topological polar surface area (TPSA) is 9.23 Å². The Balaban J connectivity index is 2.92. The standard InChI is InChI=1S/C5H7FO/c1-2-3-4-5-7-6/h2-4H,1,5H2. The minimum absolute atomic E-state index is 0.00597. The van der Waals surface area contributed by atoms with Crippen LogP contribution in [0.15, 0.2) is 24.8 Å². The summed E-state index contributed by atoms with van der Waals surface area (Å²) in [5.41, 5.74) is 0. The Morgan fingerprint density at radius 1 is 1.71 bits per heavy atom. The van der Waals surface area contributed by atoms with Crippen molar-refractivity contribution in [1.82, 2.24) is 0 Å². The van der Waals surface area contributed by atoms with Crippen molar-refractivity contribution in [1.29, 1.82) is 0 Å². The largest absolute Gasteiger partial charge is 0.190 e. The van der Waals surface area contributed by atoms with E-state index < -0.39 is 0 Å². The van der Waals surface area contributed by atoms with Crippen molar-refractivity contribution in [2.45, 2.75) is 0 Å². The summed E-state index contributed by atoms with van der Waals surface area (Å²) < 4.78 is 10.7. The van der Waals surface area contributed by atoms with Gasteiger partial charge in [-0.2, -0.15) is 4.94 Å². The first-order valence-electron chi connectivity index (χ1n) is 1.93. The zero-order valence-corrected chi connectivity index (χ0v) is 3.93. The maximum absolute atomic E-state index is 10.7. The van der Waals surface area contributed by atoms with E-state index >= 15 is 0 Å². The molecule has 0 fully saturated rings. The van der Waals surface area contributed by atoms with Crippen LogP contribution in [-0.2, 0) is 4.94 Å². The van der Waals surface area contributed by atoms with Crippen LogP contribution in [0.3, 0.4) is 0 Å². The Labute approximate surface area is 42.0 Å². The van der Waals surface area contributed by atoms with Crippen LogP contribution in [0.1, 0.15) is 0 Å². The molecule has 0 spiro atoms. The second kappa shape index (κ2) is 5.37. The van der Waals surface area contributed by atoms with Gasteiger partial charge in [-0.3, -0.25) is 0 Å². The summed E-state index contributed by atoms with van der Waals surface area (Å²) in [5, 5.41) is 0. The van der Waals surface area contributed by atoms with Crippen LogP contribution >= 0.6 is 0 Å².